The maximum absolute atomic E-state index is 12.4. The van der Waals surface area contributed by atoms with Crippen LogP contribution in [0, 0.1) is 17.3 Å². The molecule has 0 aromatic rings. The van der Waals surface area contributed by atoms with Crippen LogP contribution in [0.15, 0.2) is 17.3 Å². The Morgan fingerprint density at radius 1 is 1.32 bits per heavy atom. The normalized spacial score (nSPS) is 28.4. The maximum Gasteiger partial charge on any atom is 0.274 e. The number of rotatable bonds is 4. The molecule has 1 aliphatic heterocycles. The van der Waals surface area contributed by atoms with Gasteiger partial charge in [-0.25, -0.2) is 0 Å². The van der Waals surface area contributed by atoms with Crippen molar-refractivity contribution >= 4 is 17.9 Å². The number of carbonyl (C=O) groups is 2. The van der Waals surface area contributed by atoms with Crippen LogP contribution in [-0.2, 0) is 9.59 Å². The molecule has 0 radical (unpaired) electrons. The van der Waals surface area contributed by atoms with Crippen LogP contribution in [0.1, 0.15) is 13.8 Å². The van der Waals surface area contributed by atoms with Crippen LogP contribution < -0.4 is 0 Å². The van der Waals surface area contributed by atoms with E-state index in [-0.39, 0.29) is 5.91 Å². The minimum Gasteiger partial charge on any atom is -0.337 e. The zero-order chi connectivity index (χ0) is 14.2. The third kappa shape index (κ3) is 2.55. The summed E-state index contributed by atoms with van der Waals surface area (Å²) in [6.45, 7) is 6.12. The van der Waals surface area contributed by atoms with Crippen LogP contribution in [0.25, 0.3) is 0 Å². The van der Waals surface area contributed by atoms with Crippen LogP contribution in [0.2, 0.25) is 0 Å². The number of amides is 1. The highest BCUT2D eigenvalue weighted by Gasteiger charge is 2.62. The first-order chi connectivity index (χ1) is 8.87. The summed E-state index contributed by atoms with van der Waals surface area (Å²) in [4.78, 5) is 24.6. The lowest BCUT2D eigenvalue weighted by Gasteiger charge is -2.22. The first-order valence-electron chi connectivity index (χ1n) is 6.55. The second kappa shape index (κ2) is 4.79. The molecule has 19 heavy (non-hydrogen) atoms. The van der Waals surface area contributed by atoms with E-state index < -0.39 is 0 Å². The topological polar surface area (TPSA) is 53.0 Å². The summed E-state index contributed by atoms with van der Waals surface area (Å²) in [6.07, 6.45) is 3.44. The zero-order valence-corrected chi connectivity index (χ0v) is 12.0. The molecular weight excluding hydrogens is 242 g/mol. The lowest BCUT2D eigenvalue weighted by atomic mass is 10.1. The van der Waals surface area contributed by atoms with Crippen LogP contribution in [0.4, 0.5) is 0 Å². The fourth-order valence-electron chi connectivity index (χ4n) is 2.95. The molecule has 5 heteroatoms. The van der Waals surface area contributed by atoms with Crippen LogP contribution in [0.5, 0.6) is 0 Å². The molecule has 2 unspecified atom stereocenters. The van der Waals surface area contributed by atoms with Crippen molar-refractivity contribution in [3.05, 3.63) is 12.2 Å². The van der Waals surface area contributed by atoms with Gasteiger partial charge in [-0.1, -0.05) is 13.8 Å². The molecule has 104 valence electrons. The van der Waals surface area contributed by atoms with E-state index >= 15 is 0 Å². The van der Waals surface area contributed by atoms with Gasteiger partial charge in [0.1, 0.15) is 12.0 Å². The van der Waals surface area contributed by atoms with Crippen LogP contribution >= 0.6 is 0 Å². The van der Waals surface area contributed by atoms with E-state index in [1.54, 1.807) is 19.1 Å². The van der Waals surface area contributed by atoms with Gasteiger partial charge in [-0.2, -0.15) is 5.10 Å². The summed E-state index contributed by atoms with van der Waals surface area (Å²) in [5, 5.41) is 5.72. The van der Waals surface area contributed by atoms with Crippen molar-refractivity contribution in [1.29, 1.82) is 0 Å². The molecule has 5 nitrogen and oxygen atoms in total. The first-order valence-corrected chi connectivity index (χ1v) is 6.55. The smallest absolute Gasteiger partial charge is 0.274 e. The first kappa shape index (κ1) is 13.8. The lowest BCUT2D eigenvalue weighted by molar-refractivity contribution is -0.123. The molecule has 1 saturated heterocycles. The Morgan fingerprint density at radius 3 is 2.37 bits per heavy atom. The molecule has 2 atom stereocenters. The van der Waals surface area contributed by atoms with E-state index in [0.717, 1.165) is 13.1 Å². The van der Waals surface area contributed by atoms with Gasteiger partial charge in [0.25, 0.3) is 5.91 Å². The van der Waals surface area contributed by atoms with Crippen LogP contribution in [0.3, 0.4) is 0 Å². The maximum atomic E-state index is 12.4. The number of allylic oxidation sites excluding steroid dienone is 1. The number of hydrazone groups is 1. The molecule has 1 amide bonds. The second-order valence-corrected chi connectivity index (χ2v) is 6.07. The lowest BCUT2D eigenvalue weighted by Crippen LogP contribution is -2.37. The average molecular weight is 263 g/mol. The van der Waals surface area contributed by atoms with E-state index in [9.17, 15) is 9.59 Å². The number of nitrogens with zero attached hydrogens (tertiary/aromatic N) is 3. The van der Waals surface area contributed by atoms with Crippen molar-refractivity contribution in [3.63, 3.8) is 0 Å². The van der Waals surface area contributed by atoms with Crippen molar-refractivity contribution in [1.82, 2.24) is 9.91 Å². The Morgan fingerprint density at radius 2 is 1.89 bits per heavy atom. The van der Waals surface area contributed by atoms with Gasteiger partial charge in [0.05, 0.1) is 0 Å². The van der Waals surface area contributed by atoms with Gasteiger partial charge in [-0.05, 0) is 29.4 Å². The fourth-order valence-corrected chi connectivity index (χ4v) is 2.95. The predicted octanol–water partition coefficient (Wildman–Crippen LogP) is 0.773. The second-order valence-electron chi connectivity index (χ2n) is 6.07. The molecule has 2 aliphatic rings. The molecule has 0 spiro atoms. The van der Waals surface area contributed by atoms with Crippen molar-refractivity contribution < 1.29 is 9.59 Å². The van der Waals surface area contributed by atoms with Gasteiger partial charge < -0.3 is 9.91 Å². The summed E-state index contributed by atoms with van der Waals surface area (Å²) >= 11 is 0. The van der Waals surface area contributed by atoms with E-state index in [1.807, 2.05) is 4.90 Å². The van der Waals surface area contributed by atoms with Crippen molar-refractivity contribution in [2.75, 3.05) is 27.2 Å². The van der Waals surface area contributed by atoms with Gasteiger partial charge in [0.2, 0.25) is 0 Å². The zero-order valence-electron chi connectivity index (χ0n) is 12.0. The SMILES string of the molecule is CN(C)N=C(/C=C\C=O)C(=O)N1CC2C(C1)C2(C)C. The van der Waals surface area contributed by atoms with Crippen molar-refractivity contribution in [3.8, 4) is 0 Å². The molecule has 1 aliphatic carbocycles. The monoisotopic (exact) mass is 263 g/mol. The third-order valence-electron chi connectivity index (χ3n) is 4.27. The highest BCUT2D eigenvalue weighted by atomic mass is 16.2. The number of aldehydes is 1. The van der Waals surface area contributed by atoms with Crippen molar-refractivity contribution in [2.45, 2.75) is 13.8 Å². The molecule has 0 aromatic heterocycles. The Labute approximate surface area is 113 Å². The quantitative estimate of drug-likeness (QED) is 0.326. The predicted molar refractivity (Wildman–Crippen MR) is 73.7 cm³/mol. The van der Waals surface area contributed by atoms with E-state index in [0.29, 0.717) is 29.2 Å². The minimum atomic E-state index is -0.0881. The Kier molecular flexibility index (Phi) is 3.47. The van der Waals surface area contributed by atoms with Gasteiger partial charge >= 0.3 is 0 Å². The Hall–Kier alpha value is -1.65. The third-order valence-corrected chi connectivity index (χ3v) is 4.27. The molecule has 2 fully saturated rings. The molecule has 0 aromatic carbocycles. The summed E-state index contributed by atoms with van der Waals surface area (Å²) < 4.78 is 0. The van der Waals surface area contributed by atoms with Gasteiger partial charge in [-0.15, -0.1) is 0 Å². The molecule has 2 rings (SSSR count). The summed E-state index contributed by atoms with van der Waals surface area (Å²) in [5.74, 6) is 1.15. The number of likely N-dealkylation sites (tertiary alicyclic amines) is 1. The summed E-state index contributed by atoms with van der Waals surface area (Å²) in [6, 6.07) is 0. The van der Waals surface area contributed by atoms with E-state index in [1.165, 1.54) is 12.2 Å². The van der Waals surface area contributed by atoms with E-state index in [4.69, 9.17) is 0 Å². The van der Waals surface area contributed by atoms with Gasteiger partial charge in [0, 0.05) is 27.2 Å². The van der Waals surface area contributed by atoms with Crippen LogP contribution in [-0.4, -0.2) is 55.0 Å². The number of fused-ring (bicyclic) bond motifs is 1. The number of hydrogen-bond acceptors (Lipinski definition) is 4. The van der Waals surface area contributed by atoms with Gasteiger partial charge in [0.15, 0.2) is 0 Å². The fraction of sp³-hybridized carbons (Fsp3) is 0.643. The Bertz CT molecular complexity index is 438. The average Bonchev–Trinajstić information content (AvgIpc) is 2.74. The molecule has 0 N–H and O–H groups in total. The summed E-state index contributed by atoms with van der Waals surface area (Å²) in [7, 11) is 3.51. The van der Waals surface area contributed by atoms with Gasteiger partial charge in [-0.3, -0.25) is 9.59 Å². The highest BCUT2D eigenvalue weighted by Crippen LogP contribution is 2.61. The molecule has 1 saturated carbocycles. The number of piperidine rings is 1. The standard InChI is InChI=1S/C14H21N3O2/c1-14(2)10-8-17(9-11(10)14)13(19)12(6-5-7-18)15-16(3)4/h5-7,10-11H,8-9H2,1-4H3/b6-5-,15-12?. The largest absolute Gasteiger partial charge is 0.337 e. The molecule has 0 bridgehead atoms. The Balaban J connectivity index is 2.06. The number of hydrogen-bond donors (Lipinski definition) is 0. The van der Waals surface area contributed by atoms with Crippen molar-refractivity contribution in [2.24, 2.45) is 22.4 Å². The highest BCUT2D eigenvalue weighted by molar-refractivity contribution is 6.43. The molecular formula is C14H21N3O2. The molecule has 1 heterocycles. The minimum absolute atomic E-state index is 0.0881. The van der Waals surface area contributed by atoms with E-state index in [2.05, 4.69) is 18.9 Å². The summed E-state index contributed by atoms with van der Waals surface area (Å²) in [5.41, 5.74) is 0.699. The number of carbonyl (C=O) groups excluding carboxylic acids is 2.